The number of hydrogen-bond acceptors (Lipinski definition) is 3. The SMILES string of the molecule is CC(C)CNCCc1cccc2[nH]cc(S(=O)(=O)c3cccc(F)c3)c12. The van der Waals surface area contributed by atoms with Gasteiger partial charge in [0.15, 0.2) is 0 Å². The van der Waals surface area contributed by atoms with Crippen LogP contribution in [0, 0.1) is 11.7 Å². The van der Waals surface area contributed by atoms with Gasteiger partial charge in [0.25, 0.3) is 0 Å². The Hall–Kier alpha value is -2.18. The number of hydrogen-bond donors (Lipinski definition) is 2. The summed E-state index contributed by atoms with van der Waals surface area (Å²) in [6.07, 6.45) is 2.21. The third kappa shape index (κ3) is 3.81. The summed E-state index contributed by atoms with van der Waals surface area (Å²) in [5, 5.41) is 4.06. The molecule has 0 fully saturated rings. The monoisotopic (exact) mass is 374 g/mol. The first-order chi connectivity index (χ1) is 12.4. The fraction of sp³-hybridized carbons (Fsp3) is 0.300. The van der Waals surface area contributed by atoms with Crippen molar-refractivity contribution >= 4 is 20.7 Å². The van der Waals surface area contributed by atoms with Crippen LogP contribution < -0.4 is 5.32 Å². The van der Waals surface area contributed by atoms with Crippen LogP contribution in [-0.2, 0) is 16.3 Å². The van der Waals surface area contributed by atoms with E-state index in [2.05, 4.69) is 24.1 Å². The molecule has 3 rings (SSSR count). The normalized spacial score (nSPS) is 12.2. The van der Waals surface area contributed by atoms with Gasteiger partial charge in [-0.25, -0.2) is 12.8 Å². The van der Waals surface area contributed by atoms with E-state index in [0.29, 0.717) is 17.7 Å². The number of sulfone groups is 1. The summed E-state index contributed by atoms with van der Waals surface area (Å²) in [5.74, 6) is -0.00834. The van der Waals surface area contributed by atoms with E-state index in [0.717, 1.165) is 30.2 Å². The number of H-pyrrole nitrogens is 1. The highest BCUT2D eigenvalue weighted by atomic mass is 32.2. The van der Waals surface area contributed by atoms with Gasteiger partial charge in [-0.05, 0) is 55.3 Å². The Labute approximate surface area is 153 Å². The number of nitrogens with one attached hydrogen (secondary N) is 2. The minimum atomic E-state index is -3.80. The van der Waals surface area contributed by atoms with Crippen molar-refractivity contribution < 1.29 is 12.8 Å². The molecule has 0 aliphatic carbocycles. The fourth-order valence-corrected chi connectivity index (χ4v) is 4.53. The van der Waals surface area contributed by atoms with Crippen LogP contribution in [-0.4, -0.2) is 26.5 Å². The molecule has 0 bridgehead atoms. The van der Waals surface area contributed by atoms with Gasteiger partial charge in [-0.2, -0.15) is 0 Å². The molecule has 6 heteroatoms. The summed E-state index contributed by atoms with van der Waals surface area (Å²) >= 11 is 0. The molecule has 4 nitrogen and oxygen atoms in total. The molecule has 26 heavy (non-hydrogen) atoms. The average molecular weight is 374 g/mol. The molecule has 0 unspecified atom stereocenters. The molecule has 1 aromatic heterocycles. The second-order valence-corrected chi connectivity index (χ2v) is 8.72. The molecule has 0 aliphatic rings. The maximum Gasteiger partial charge on any atom is 0.208 e. The molecular weight excluding hydrogens is 351 g/mol. The van der Waals surface area contributed by atoms with E-state index in [-0.39, 0.29) is 9.79 Å². The third-order valence-electron chi connectivity index (χ3n) is 4.28. The van der Waals surface area contributed by atoms with Crippen molar-refractivity contribution in [1.82, 2.24) is 10.3 Å². The first kappa shape index (κ1) is 18.6. The van der Waals surface area contributed by atoms with Crippen LogP contribution >= 0.6 is 0 Å². The lowest BCUT2D eigenvalue weighted by Crippen LogP contribution is -2.22. The van der Waals surface area contributed by atoms with Crippen molar-refractivity contribution in [1.29, 1.82) is 0 Å². The van der Waals surface area contributed by atoms with Gasteiger partial charge in [-0.1, -0.05) is 32.0 Å². The molecule has 0 amide bonds. The zero-order chi connectivity index (χ0) is 18.7. The van der Waals surface area contributed by atoms with Crippen LogP contribution in [0.4, 0.5) is 4.39 Å². The number of fused-ring (bicyclic) bond motifs is 1. The lowest BCUT2D eigenvalue weighted by Gasteiger charge is -2.10. The van der Waals surface area contributed by atoms with Crippen LogP contribution in [0.1, 0.15) is 19.4 Å². The lowest BCUT2D eigenvalue weighted by atomic mass is 10.1. The summed E-state index contributed by atoms with van der Waals surface area (Å²) in [6, 6.07) is 10.8. The predicted molar refractivity (Wildman–Crippen MR) is 102 cm³/mol. The molecule has 0 radical (unpaired) electrons. The van der Waals surface area contributed by atoms with Crippen LogP contribution in [0.2, 0.25) is 0 Å². The van der Waals surface area contributed by atoms with Gasteiger partial charge in [0, 0.05) is 17.1 Å². The van der Waals surface area contributed by atoms with Crippen LogP contribution in [0.25, 0.3) is 10.9 Å². The van der Waals surface area contributed by atoms with Gasteiger partial charge in [-0.3, -0.25) is 0 Å². The molecular formula is C20H23FN2O2S. The van der Waals surface area contributed by atoms with E-state index in [1.54, 1.807) is 0 Å². The number of benzene rings is 2. The van der Waals surface area contributed by atoms with Crippen LogP contribution in [0.15, 0.2) is 58.5 Å². The standard InChI is InChI=1S/C20H23FN2O2S/c1-14(2)12-22-10-9-15-5-3-8-18-20(15)19(13-23-18)26(24,25)17-7-4-6-16(21)11-17/h3-8,11,13-14,22-23H,9-10,12H2,1-2H3. The van der Waals surface area contributed by atoms with Crippen molar-refractivity contribution in [3.8, 4) is 0 Å². The second kappa shape index (κ2) is 7.60. The Kier molecular flexibility index (Phi) is 5.44. The largest absolute Gasteiger partial charge is 0.360 e. The predicted octanol–water partition coefficient (Wildman–Crippen LogP) is 3.93. The Morgan fingerprint density at radius 3 is 2.65 bits per heavy atom. The number of rotatable bonds is 7. The summed E-state index contributed by atoms with van der Waals surface area (Å²) in [5.41, 5.74) is 1.72. The van der Waals surface area contributed by atoms with Crippen molar-refractivity contribution in [2.75, 3.05) is 13.1 Å². The molecule has 0 atom stereocenters. The Bertz CT molecular complexity index is 1010. The van der Waals surface area contributed by atoms with Crippen LogP contribution in [0.5, 0.6) is 0 Å². The van der Waals surface area contributed by atoms with Gasteiger partial charge < -0.3 is 10.3 Å². The Morgan fingerprint density at radius 2 is 1.92 bits per heavy atom. The second-order valence-electron chi connectivity index (χ2n) is 6.80. The van der Waals surface area contributed by atoms with Crippen molar-refractivity contribution in [2.24, 2.45) is 5.92 Å². The third-order valence-corrected chi connectivity index (χ3v) is 6.05. The average Bonchev–Trinajstić information content (AvgIpc) is 3.04. The van der Waals surface area contributed by atoms with E-state index in [4.69, 9.17) is 0 Å². The first-order valence-corrected chi connectivity index (χ1v) is 10.2. The molecule has 1 heterocycles. The van der Waals surface area contributed by atoms with Gasteiger partial charge in [-0.15, -0.1) is 0 Å². The smallest absolute Gasteiger partial charge is 0.208 e. The highest BCUT2D eigenvalue weighted by Gasteiger charge is 2.23. The van der Waals surface area contributed by atoms with Gasteiger partial charge in [0.05, 0.1) is 9.79 Å². The van der Waals surface area contributed by atoms with Gasteiger partial charge in [0.1, 0.15) is 5.82 Å². The molecule has 138 valence electrons. The molecule has 0 spiro atoms. The lowest BCUT2D eigenvalue weighted by molar-refractivity contribution is 0.554. The molecule has 0 saturated heterocycles. The zero-order valence-electron chi connectivity index (χ0n) is 14.9. The number of aromatic amines is 1. The van der Waals surface area contributed by atoms with Gasteiger partial charge >= 0.3 is 0 Å². The molecule has 3 aromatic rings. The van der Waals surface area contributed by atoms with E-state index in [1.165, 1.54) is 24.4 Å². The van der Waals surface area contributed by atoms with E-state index in [1.807, 2.05) is 18.2 Å². The van der Waals surface area contributed by atoms with E-state index >= 15 is 0 Å². The summed E-state index contributed by atoms with van der Waals surface area (Å²) in [6.45, 7) is 5.96. The number of aromatic nitrogens is 1. The number of halogens is 1. The van der Waals surface area contributed by atoms with E-state index in [9.17, 15) is 12.8 Å². The molecule has 2 aromatic carbocycles. The Balaban J connectivity index is 1.99. The molecule has 0 saturated carbocycles. The maximum atomic E-state index is 13.5. The highest BCUT2D eigenvalue weighted by Crippen LogP contribution is 2.31. The summed E-state index contributed by atoms with van der Waals surface area (Å²) in [4.78, 5) is 3.19. The molecule has 2 N–H and O–H groups in total. The highest BCUT2D eigenvalue weighted by molar-refractivity contribution is 7.91. The Morgan fingerprint density at radius 1 is 1.15 bits per heavy atom. The minimum Gasteiger partial charge on any atom is -0.360 e. The first-order valence-electron chi connectivity index (χ1n) is 8.70. The van der Waals surface area contributed by atoms with Crippen molar-refractivity contribution in [2.45, 2.75) is 30.1 Å². The van der Waals surface area contributed by atoms with E-state index < -0.39 is 15.7 Å². The van der Waals surface area contributed by atoms with Crippen molar-refractivity contribution in [3.63, 3.8) is 0 Å². The maximum absolute atomic E-state index is 13.5. The molecule has 0 aliphatic heterocycles. The zero-order valence-corrected chi connectivity index (χ0v) is 15.7. The summed E-state index contributed by atoms with van der Waals surface area (Å²) < 4.78 is 39.6. The summed E-state index contributed by atoms with van der Waals surface area (Å²) in [7, 11) is -3.80. The van der Waals surface area contributed by atoms with Crippen LogP contribution in [0.3, 0.4) is 0 Å². The fourth-order valence-electron chi connectivity index (χ4n) is 3.02. The van der Waals surface area contributed by atoms with Gasteiger partial charge in [0.2, 0.25) is 9.84 Å². The quantitative estimate of drug-likeness (QED) is 0.616. The van der Waals surface area contributed by atoms with Crippen molar-refractivity contribution in [3.05, 3.63) is 60.0 Å². The topological polar surface area (TPSA) is 62.0 Å². The minimum absolute atomic E-state index is 0.0360.